The Hall–Kier alpha value is -1.40. The van der Waals surface area contributed by atoms with Crippen molar-refractivity contribution in [3.05, 3.63) is 29.8 Å². The summed E-state index contributed by atoms with van der Waals surface area (Å²) in [5.74, 6) is 0.652. The maximum Gasteiger partial charge on any atom is 0.243 e. The van der Waals surface area contributed by atoms with Crippen LogP contribution in [0.4, 0.5) is 0 Å². The van der Waals surface area contributed by atoms with Gasteiger partial charge in [-0.3, -0.25) is 4.79 Å². The van der Waals surface area contributed by atoms with Crippen molar-refractivity contribution in [2.45, 2.75) is 43.9 Å². The lowest BCUT2D eigenvalue weighted by Gasteiger charge is -2.30. The highest BCUT2D eigenvalue weighted by Gasteiger charge is 2.28. The zero-order valence-electron chi connectivity index (χ0n) is 14.3. The van der Waals surface area contributed by atoms with Gasteiger partial charge in [0.05, 0.1) is 4.90 Å². The lowest BCUT2D eigenvalue weighted by molar-refractivity contribution is -0.127. The molecule has 2 aliphatic rings. The molecule has 0 saturated carbocycles. The van der Waals surface area contributed by atoms with E-state index >= 15 is 0 Å². The van der Waals surface area contributed by atoms with Crippen molar-refractivity contribution in [1.82, 2.24) is 9.21 Å². The molecule has 1 atom stereocenters. The first-order valence-corrected chi connectivity index (χ1v) is 10.3. The molecule has 0 N–H and O–H groups in total. The summed E-state index contributed by atoms with van der Waals surface area (Å²) in [4.78, 5) is 13.9. The minimum Gasteiger partial charge on any atom is -0.342 e. The molecule has 0 radical (unpaired) electrons. The van der Waals surface area contributed by atoms with Crippen LogP contribution in [-0.2, 0) is 21.2 Å². The van der Waals surface area contributed by atoms with E-state index in [0.717, 1.165) is 37.8 Å². The van der Waals surface area contributed by atoms with Crippen molar-refractivity contribution in [1.29, 1.82) is 0 Å². The molecular weight excluding hydrogens is 324 g/mol. The molecule has 2 aliphatic heterocycles. The summed E-state index contributed by atoms with van der Waals surface area (Å²) in [6.07, 6.45) is 4.41. The van der Waals surface area contributed by atoms with Crippen LogP contribution in [0.25, 0.3) is 0 Å². The SMILES string of the molecule is CC1CCCN(S(=O)(=O)c2ccc(CCN3CCCC3=O)cc2)C1. The van der Waals surface area contributed by atoms with Crippen LogP contribution in [0.1, 0.15) is 38.2 Å². The Balaban J connectivity index is 1.64. The number of benzene rings is 1. The quantitative estimate of drug-likeness (QED) is 0.818. The fourth-order valence-electron chi connectivity index (χ4n) is 3.55. The molecule has 6 heteroatoms. The smallest absolute Gasteiger partial charge is 0.243 e. The fourth-order valence-corrected chi connectivity index (χ4v) is 5.14. The zero-order valence-corrected chi connectivity index (χ0v) is 15.1. The van der Waals surface area contributed by atoms with Gasteiger partial charge in [-0.2, -0.15) is 4.31 Å². The number of nitrogens with zero attached hydrogens (tertiary/aromatic N) is 2. The van der Waals surface area contributed by atoms with Crippen LogP contribution in [0.15, 0.2) is 29.2 Å². The van der Waals surface area contributed by atoms with Gasteiger partial charge in [-0.05, 0) is 49.3 Å². The lowest BCUT2D eigenvalue weighted by atomic mass is 10.0. The molecule has 0 bridgehead atoms. The van der Waals surface area contributed by atoms with E-state index in [9.17, 15) is 13.2 Å². The largest absolute Gasteiger partial charge is 0.342 e. The molecule has 24 heavy (non-hydrogen) atoms. The molecule has 3 rings (SSSR count). The van der Waals surface area contributed by atoms with Crippen LogP contribution < -0.4 is 0 Å². The number of hydrogen-bond donors (Lipinski definition) is 0. The Morgan fingerprint density at radius 1 is 1.12 bits per heavy atom. The summed E-state index contributed by atoms with van der Waals surface area (Å²) < 4.78 is 27.1. The van der Waals surface area contributed by atoms with Gasteiger partial charge in [0.25, 0.3) is 0 Å². The maximum absolute atomic E-state index is 12.7. The van der Waals surface area contributed by atoms with E-state index < -0.39 is 10.0 Å². The number of rotatable bonds is 5. The van der Waals surface area contributed by atoms with E-state index in [4.69, 9.17) is 0 Å². The van der Waals surface area contributed by atoms with Crippen LogP contribution >= 0.6 is 0 Å². The molecule has 0 aromatic heterocycles. The van der Waals surface area contributed by atoms with E-state index in [-0.39, 0.29) is 5.91 Å². The molecule has 0 aliphatic carbocycles. The standard InChI is InChI=1S/C18H26N2O3S/c1-15-4-2-12-20(14-15)24(22,23)17-8-6-16(7-9-17)10-13-19-11-3-5-18(19)21/h6-9,15H,2-5,10-14H2,1H3. The Kier molecular flexibility index (Phi) is 5.25. The second kappa shape index (κ2) is 7.23. The normalized spacial score (nSPS) is 23.0. The number of piperidine rings is 1. The summed E-state index contributed by atoms with van der Waals surface area (Å²) in [6, 6.07) is 7.16. The summed E-state index contributed by atoms with van der Waals surface area (Å²) >= 11 is 0. The third-order valence-corrected chi connectivity index (χ3v) is 6.90. The van der Waals surface area contributed by atoms with Gasteiger partial charge in [0, 0.05) is 32.6 Å². The topological polar surface area (TPSA) is 57.7 Å². The number of likely N-dealkylation sites (tertiary alicyclic amines) is 1. The highest BCUT2D eigenvalue weighted by atomic mass is 32.2. The van der Waals surface area contributed by atoms with E-state index in [1.54, 1.807) is 16.4 Å². The molecule has 1 aromatic rings. The number of amides is 1. The molecule has 2 fully saturated rings. The minimum absolute atomic E-state index is 0.230. The first kappa shape index (κ1) is 17.4. The van der Waals surface area contributed by atoms with Crippen LogP contribution in [0.2, 0.25) is 0 Å². The summed E-state index contributed by atoms with van der Waals surface area (Å²) in [5.41, 5.74) is 1.07. The molecule has 5 nitrogen and oxygen atoms in total. The predicted molar refractivity (Wildman–Crippen MR) is 93.1 cm³/mol. The van der Waals surface area contributed by atoms with E-state index in [1.165, 1.54) is 0 Å². The van der Waals surface area contributed by atoms with Gasteiger partial charge in [0.1, 0.15) is 0 Å². The van der Waals surface area contributed by atoms with Crippen molar-refractivity contribution in [2.24, 2.45) is 5.92 Å². The van der Waals surface area contributed by atoms with Crippen molar-refractivity contribution < 1.29 is 13.2 Å². The first-order valence-electron chi connectivity index (χ1n) is 8.83. The maximum atomic E-state index is 12.7. The van der Waals surface area contributed by atoms with Gasteiger partial charge < -0.3 is 4.90 Å². The van der Waals surface area contributed by atoms with Crippen molar-refractivity contribution in [2.75, 3.05) is 26.2 Å². The average Bonchev–Trinajstić information content (AvgIpc) is 2.98. The Morgan fingerprint density at radius 2 is 1.88 bits per heavy atom. The number of hydrogen-bond acceptors (Lipinski definition) is 3. The highest BCUT2D eigenvalue weighted by Crippen LogP contribution is 2.23. The summed E-state index contributed by atoms with van der Waals surface area (Å²) in [7, 11) is -3.38. The van der Waals surface area contributed by atoms with Crippen LogP contribution in [-0.4, -0.2) is 49.7 Å². The van der Waals surface area contributed by atoms with Gasteiger partial charge in [-0.15, -0.1) is 0 Å². The van der Waals surface area contributed by atoms with Gasteiger partial charge in [-0.1, -0.05) is 19.1 Å². The third-order valence-electron chi connectivity index (χ3n) is 5.02. The molecule has 0 spiro atoms. The van der Waals surface area contributed by atoms with E-state index in [2.05, 4.69) is 6.92 Å². The number of carbonyl (C=O) groups excluding carboxylic acids is 1. The Morgan fingerprint density at radius 3 is 2.50 bits per heavy atom. The molecule has 2 heterocycles. The third kappa shape index (κ3) is 3.81. The molecule has 1 aromatic carbocycles. The van der Waals surface area contributed by atoms with Crippen molar-refractivity contribution >= 4 is 15.9 Å². The molecule has 1 unspecified atom stereocenters. The number of sulfonamides is 1. The van der Waals surface area contributed by atoms with E-state index in [0.29, 0.717) is 36.9 Å². The predicted octanol–water partition coefficient (Wildman–Crippen LogP) is 2.27. The summed E-state index contributed by atoms with van der Waals surface area (Å²) in [5, 5.41) is 0. The second-order valence-corrected chi connectivity index (χ2v) is 8.93. The van der Waals surface area contributed by atoms with Crippen LogP contribution in [0, 0.1) is 5.92 Å². The van der Waals surface area contributed by atoms with Gasteiger partial charge in [0.2, 0.25) is 15.9 Å². The molecular formula is C18H26N2O3S. The average molecular weight is 350 g/mol. The molecule has 132 valence electrons. The minimum atomic E-state index is -3.38. The van der Waals surface area contributed by atoms with Gasteiger partial charge in [-0.25, -0.2) is 8.42 Å². The van der Waals surface area contributed by atoms with Crippen molar-refractivity contribution in [3.63, 3.8) is 0 Å². The first-order chi connectivity index (χ1) is 11.5. The molecule has 2 saturated heterocycles. The van der Waals surface area contributed by atoms with Crippen LogP contribution in [0.5, 0.6) is 0 Å². The van der Waals surface area contributed by atoms with Gasteiger partial charge >= 0.3 is 0 Å². The van der Waals surface area contributed by atoms with Crippen LogP contribution in [0.3, 0.4) is 0 Å². The lowest BCUT2D eigenvalue weighted by Crippen LogP contribution is -2.39. The van der Waals surface area contributed by atoms with Gasteiger partial charge in [0.15, 0.2) is 0 Å². The highest BCUT2D eigenvalue weighted by molar-refractivity contribution is 7.89. The monoisotopic (exact) mass is 350 g/mol. The number of carbonyl (C=O) groups is 1. The van der Waals surface area contributed by atoms with E-state index in [1.807, 2.05) is 17.0 Å². The Bertz CT molecular complexity index is 685. The Labute approximate surface area is 144 Å². The summed E-state index contributed by atoms with van der Waals surface area (Å²) in [6.45, 7) is 4.89. The zero-order chi connectivity index (χ0) is 17.2. The van der Waals surface area contributed by atoms with Crippen molar-refractivity contribution in [3.8, 4) is 0 Å². The second-order valence-electron chi connectivity index (χ2n) is 6.99. The fraction of sp³-hybridized carbons (Fsp3) is 0.611. The molecule has 1 amide bonds.